The van der Waals surface area contributed by atoms with Crippen molar-refractivity contribution in [1.29, 1.82) is 0 Å². The normalized spacial score (nSPS) is 10.3. The Morgan fingerprint density at radius 3 is 2.44 bits per heavy atom. The highest BCUT2D eigenvalue weighted by atomic mass is 16.5. The summed E-state index contributed by atoms with van der Waals surface area (Å²) in [4.78, 5) is 0. The second-order valence-corrected chi connectivity index (χ2v) is 4.23. The molecular weight excluding hydrogens is 224 g/mol. The summed E-state index contributed by atoms with van der Waals surface area (Å²) >= 11 is 0. The number of hydrogen-bond donors (Lipinski definition) is 0. The van der Waals surface area contributed by atoms with Gasteiger partial charge in [0, 0.05) is 0 Å². The van der Waals surface area contributed by atoms with Crippen molar-refractivity contribution in [3.8, 4) is 5.75 Å². The molecule has 0 bridgehead atoms. The van der Waals surface area contributed by atoms with E-state index < -0.39 is 0 Å². The van der Waals surface area contributed by atoms with Crippen molar-refractivity contribution in [3.05, 3.63) is 65.7 Å². The third-order valence-corrected chi connectivity index (χ3v) is 2.76. The summed E-state index contributed by atoms with van der Waals surface area (Å²) in [6.07, 6.45) is 1.51. The van der Waals surface area contributed by atoms with Gasteiger partial charge in [-0.2, -0.15) is 0 Å². The van der Waals surface area contributed by atoms with Crippen molar-refractivity contribution in [2.45, 2.75) is 19.4 Å². The van der Waals surface area contributed by atoms with E-state index >= 15 is 0 Å². The smallest absolute Gasteiger partial charge is 0.120 e. The Morgan fingerprint density at radius 2 is 1.67 bits per heavy atom. The fraction of sp³-hybridized carbons (Fsp3) is 0.250. The topological polar surface area (TPSA) is 29.1 Å². The monoisotopic (exact) mass is 241 g/mol. The van der Waals surface area contributed by atoms with E-state index in [9.17, 15) is 5.11 Å². The lowest BCUT2D eigenvalue weighted by Gasteiger charge is -2.07. The molecule has 18 heavy (non-hydrogen) atoms. The summed E-state index contributed by atoms with van der Waals surface area (Å²) < 4.78 is 5.73. The van der Waals surface area contributed by atoms with Crippen LogP contribution in [-0.2, 0) is 18.1 Å². The van der Waals surface area contributed by atoms with E-state index in [4.69, 9.17) is 4.74 Å². The van der Waals surface area contributed by atoms with Crippen LogP contribution >= 0.6 is 0 Å². The van der Waals surface area contributed by atoms with Gasteiger partial charge in [0.05, 0.1) is 6.61 Å². The molecule has 1 radical (unpaired) electrons. The third-order valence-electron chi connectivity index (χ3n) is 2.76. The van der Waals surface area contributed by atoms with Gasteiger partial charge in [0.15, 0.2) is 0 Å². The highest BCUT2D eigenvalue weighted by Crippen LogP contribution is 2.16. The summed E-state index contributed by atoms with van der Waals surface area (Å²) in [5, 5.41) is 10.5. The molecule has 0 fully saturated rings. The van der Waals surface area contributed by atoms with Crippen LogP contribution in [0.5, 0.6) is 5.75 Å². The average molecular weight is 241 g/mol. The molecule has 0 unspecified atom stereocenters. The molecule has 0 atom stereocenters. The van der Waals surface area contributed by atoms with Crippen molar-refractivity contribution in [1.82, 2.24) is 0 Å². The van der Waals surface area contributed by atoms with Crippen molar-refractivity contribution < 1.29 is 9.84 Å². The molecule has 0 amide bonds. The van der Waals surface area contributed by atoms with Gasteiger partial charge in [-0.1, -0.05) is 42.5 Å². The first-order valence-corrected chi connectivity index (χ1v) is 6.22. The number of hydrogen-bond acceptors (Lipinski definition) is 1. The van der Waals surface area contributed by atoms with Crippen LogP contribution in [-0.4, -0.2) is 6.61 Å². The zero-order chi connectivity index (χ0) is 12.6. The Labute approximate surface area is 108 Å². The molecule has 2 aromatic rings. The van der Waals surface area contributed by atoms with Crippen LogP contribution in [0.25, 0.3) is 0 Å². The molecule has 0 aliphatic carbocycles. The van der Waals surface area contributed by atoms with Crippen LogP contribution in [0, 0.1) is 0 Å². The van der Waals surface area contributed by atoms with E-state index in [0.717, 1.165) is 23.3 Å². The van der Waals surface area contributed by atoms with Crippen LogP contribution in [0.4, 0.5) is 0 Å². The summed E-state index contributed by atoms with van der Waals surface area (Å²) in [5.41, 5.74) is 2.32. The Kier molecular flexibility index (Phi) is 4.79. The first-order chi connectivity index (χ1) is 8.88. The lowest BCUT2D eigenvalue weighted by atomic mass is 10.1. The molecule has 2 rings (SSSR count). The molecule has 2 nitrogen and oxygen atoms in total. The average Bonchev–Trinajstić information content (AvgIpc) is 2.44. The van der Waals surface area contributed by atoms with Crippen LogP contribution in [0.15, 0.2) is 54.6 Å². The molecule has 2 heteroatoms. The van der Waals surface area contributed by atoms with Gasteiger partial charge >= 0.3 is 0 Å². The lowest BCUT2D eigenvalue weighted by molar-refractivity contribution is 0.189. The molecular formula is C16H17O2. The van der Waals surface area contributed by atoms with E-state index in [2.05, 4.69) is 0 Å². The fourth-order valence-corrected chi connectivity index (χ4v) is 1.81. The number of rotatable bonds is 6. The zero-order valence-corrected chi connectivity index (χ0v) is 10.3. The van der Waals surface area contributed by atoms with Gasteiger partial charge in [-0.25, -0.2) is 5.11 Å². The molecule has 0 spiro atoms. The minimum Gasteiger partial charge on any atom is -0.489 e. The molecule has 0 heterocycles. The molecule has 0 N–H and O–H groups in total. The van der Waals surface area contributed by atoms with E-state index in [0.29, 0.717) is 13.0 Å². The van der Waals surface area contributed by atoms with Gasteiger partial charge < -0.3 is 4.74 Å². The predicted octanol–water partition coefficient (Wildman–Crippen LogP) is 3.63. The minimum atomic E-state index is -0.0187. The Morgan fingerprint density at radius 1 is 0.889 bits per heavy atom. The van der Waals surface area contributed by atoms with Crippen LogP contribution in [0.1, 0.15) is 17.5 Å². The lowest BCUT2D eigenvalue weighted by Crippen LogP contribution is -1.96. The molecule has 0 saturated heterocycles. The fourth-order valence-electron chi connectivity index (χ4n) is 1.81. The maximum Gasteiger partial charge on any atom is 0.120 e. The van der Waals surface area contributed by atoms with Crippen molar-refractivity contribution in [2.24, 2.45) is 0 Å². The van der Waals surface area contributed by atoms with E-state index in [-0.39, 0.29) is 6.61 Å². The summed E-state index contributed by atoms with van der Waals surface area (Å²) in [5.74, 6) is 0.863. The molecule has 0 aromatic heterocycles. The van der Waals surface area contributed by atoms with E-state index in [1.54, 1.807) is 0 Å². The number of ether oxygens (including phenoxy) is 1. The number of benzene rings is 2. The molecule has 0 saturated carbocycles. The Balaban J connectivity index is 1.93. The third kappa shape index (κ3) is 3.90. The summed E-state index contributed by atoms with van der Waals surface area (Å²) in [6, 6.07) is 18.1. The van der Waals surface area contributed by atoms with Gasteiger partial charge in [-0.05, 0) is 36.1 Å². The second kappa shape index (κ2) is 6.82. The highest BCUT2D eigenvalue weighted by Gasteiger charge is 1.98. The zero-order valence-electron chi connectivity index (χ0n) is 10.3. The highest BCUT2D eigenvalue weighted by molar-refractivity contribution is 5.29. The van der Waals surface area contributed by atoms with Crippen LogP contribution < -0.4 is 4.74 Å². The van der Waals surface area contributed by atoms with Crippen molar-refractivity contribution >= 4 is 0 Å². The standard InChI is InChI=1S/C16H17O2/c17-11-5-9-14-8-4-10-16(12-14)18-13-15-6-2-1-3-7-15/h1-4,6-8,10,12H,5,9,11,13H2. The minimum absolute atomic E-state index is 0.0187. The van der Waals surface area contributed by atoms with Gasteiger partial charge in [-0.3, -0.25) is 0 Å². The second-order valence-electron chi connectivity index (χ2n) is 4.23. The molecule has 2 aromatic carbocycles. The molecule has 93 valence electrons. The predicted molar refractivity (Wildman–Crippen MR) is 71.1 cm³/mol. The Bertz CT molecular complexity index is 466. The van der Waals surface area contributed by atoms with Crippen LogP contribution in [0.2, 0.25) is 0 Å². The van der Waals surface area contributed by atoms with E-state index in [1.165, 1.54) is 0 Å². The van der Waals surface area contributed by atoms with Crippen LogP contribution in [0.3, 0.4) is 0 Å². The van der Waals surface area contributed by atoms with Gasteiger partial charge in [-0.15, -0.1) is 0 Å². The van der Waals surface area contributed by atoms with Crippen molar-refractivity contribution in [2.75, 3.05) is 6.61 Å². The Hall–Kier alpha value is -1.80. The van der Waals surface area contributed by atoms with Gasteiger partial charge in [0.2, 0.25) is 0 Å². The van der Waals surface area contributed by atoms with Gasteiger partial charge in [0.1, 0.15) is 12.4 Å². The first-order valence-electron chi connectivity index (χ1n) is 6.22. The quantitative estimate of drug-likeness (QED) is 0.759. The summed E-state index contributed by atoms with van der Waals surface area (Å²) in [7, 11) is 0. The molecule has 0 aliphatic heterocycles. The summed E-state index contributed by atoms with van der Waals surface area (Å²) in [6.45, 7) is 0.556. The van der Waals surface area contributed by atoms with E-state index in [1.807, 2.05) is 54.6 Å². The SMILES string of the molecule is [O]CCCc1cccc(OCc2ccccc2)c1. The molecule has 0 aliphatic rings. The van der Waals surface area contributed by atoms with Gasteiger partial charge in [0.25, 0.3) is 0 Å². The first kappa shape index (κ1) is 12.7. The largest absolute Gasteiger partial charge is 0.489 e. The maximum absolute atomic E-state index is 10.5. The van der Waals surface area contributed by atoms with Crippen molar-refractivity contribution in [3.63, 3.8) is 0 Å². The maximum atomic E-state index is 10.5. The number of aryl methyl sites for hydroxylation is 1.